The Balaban J connectivity index is 1.28. The van der Waals surface area contributed by atoms with Crippen LogP contribution < -0.4 is 0 Å². The molecule has 0 unspecified atom stereocenters. The molecule has 5 rings (SSSR count). The van der Waals surface area contributed by atoms with Gasteiger partial charge in [-0.25, -0.2) is 4.79 Å². The standard InChI is InChI=1S/C25H27NO5/c27-24(28)22-14-26(13-21(22)16-9-11-30-12-10-16)25(29)31-15-23-19-7-3-1-5-17(19)18-6-2-4-8-20(18)23/h1-8,16,21-23H,9-15H2,(H,27,28)/t21-,22+/m0/s1. The zero-order valence-corrected chi connectivity index (χ0v) is 17.4. The Morgan fingerprint density at radius 1 is 0.968 bits per heavy atom. The number of benzene rings is 2. The van der Waals surface area contributed by atoms with Crippen molar-refractivity contribution in [1.82, 2.24) is 4.90 Å². The monoisotopic (exact) mass is 421 g/mol. The van der Waals surface area contributed by atoms with Gasteiger partial charge in [0.2, 0.25) is 0 Å². The number of fused-ring (bicyclic) bond motifs is 3. The zero-order chi connectivity index (χ0) is 21.4. The van der Waals surface area contributed by atoms with Crippen molar-refractivity contribution >= 4 is 12.1 Å². The average molecular weight is 421 g/mol. The first-order chi connectivity index (χ1) is 15.1. The van der Waals surface area contributed by atoms with Crippen molar-refractivity contribution in [2.75, 3.05) is 32.9 Å². The number of carboxylic acid groups (broad SMARTS) is 1. The van der Waals surface area contributed by atoms with Gasteiger partial charge in [0.25, 0.3) is 0 Å². The van der Waals surface area contributed by atoms with Crippen LogP contribution >= 0.6 is 0 Å². The van der Waals surface area contributed by atoms with Crippen molar-refractivity contribution in [2.45, 2.75) is 18.8 Å². The van der Waals surface area contributed by atoms with Crippen molar-refractivity contribution in [3.63, 3.8) is 0 Å². The molecule has 0 aromatic heterocycles. The second kappa shape index (κ2) is 8.35. The molecular formula is C25H27NO5. The van der Waals surface area contributed by atoms with Crippen molar-refractivity contribution in [3.8, 4) is 11.1 Å². The summed E-state index contributed by atoms with van der Waals surface area (Å²) >= 11 is 0. The number of aliphatic carboxylic acids is 1. The molecule has 6 nitrogen and oxygen atoms in total. The number of hydrogen-bond acceptors (Lipinski definition) is 4. The molecule has 31 heavy (non-hydrogen) atoms. The van der Waals surface area contributed by atoms with E-state index in [1.165, 1.54) is 22.3 Å². The molecule has 0 bridgehead atoms. The third kappa shape index (κ3) is 3.69. The fraction of sp³-hybridized carbons (Fsp3) is 0.440. The Kier molecular flexibility index (Phi) is 5.40. The van der Waals surface area contributed by atoms with Gasteiger partial charge in [-0.2, -0.15) is 0 Å². The molecule has 2 saturated heterocycles. The molecule has 162 valence electrons. The Morgan fingerprint density at radius 2 is 1.58 bits per heavy atom. The van der Waals surface area contributed by atoms with Gasteiger partial charge in [-0.15, -0.1) is 0 Å². The Bertz CT molecular complexity index is 938. The van der Waals surface area contributed by atoms with E-state index >= 15 is 0 Å². The van der Waals surface area contributed by atoms with Gasteiger partial charge in [0, 0.05) is 32.2 Å². The number of amides is 1. The summed E-state index contributed by atoms with van der Waals surface area (Å²) in [4.78, 5) is 26.4. The molecule has 1 N–H and O–H groups in total. The first kappa shape index (κ1) is 20.1. The zero-order valence-electron chi connectivity index (χ0n) is 17.4. The number of ether oxygens (including phenoxy) is 2. The number of hydrogen-bond donors (Lipinski definition) is 1. The lowest BCUT2D eigenvalue weighted by atomic mass is 9.80. The summed E-state index contributed by atoms with van der Waals surface area (Å²) in [7, 11) is 0. The van der Waals surface area contributed by atoms with Gasteiger partial charge in [-0.3, -0.25) is 4.79 Å². The van der Waals surface area contributed by atoms with Crippen LogP contribution in [0.2, 0.25) is 0 Å². The van der Waals surface area contributed by atoms with Crippen LogP contribution in [-0.4, -0.2) is 55.0 Å². The first-order valence-corrected chi connectivity index (χ1v) is 11.0. The molecule has 2 aliphatic heterocycles. The molecule has 2 heterocycles. The fourth-order valence-electron chi connectivity index (χ4n) is 5.55. The second-order valence-electron chi connectivity index (χ2n) is 8.77. The van der Waals surface area contributed by atoms with Crippen LogP contribution in [0.5, 0.6) is 0 Å². The molecule has 0 saturated carbocycles. The van der Waals surface area contributed by atoms with E-state index in [-0.39, 0.29) is 30.9 Å². The van der Waals surface area contributed by atoms with E-state index in [1.807, 2.05) is 24.3 Å². The van der Waals surface area contributed by atoms with Crippen molar-refractivity contribution in [3.05, 3.63) is 59.7 Å². The van der Waals surface area contributed by atoms with Crippen LogP contribution in [-0.2, 0) is 14.3 Å². The highest BCUT2D eigenvalue weighted by molar-refractivity contribution is 5.79. The third-order valence-corrected chi connectivity index (χ3v) is 7.15. The van der Waals surface area contributed by atoms with E-state index in [4.69, 9.17) is 9.47 Å². The van der Waals surface area contributed by atoms with Crippen molar-refractivity contribution < 1.29 is 24.2 Å². The van der Waals surface area contributed by atoms with Gasteiger partial charge in [-0.05, 0) is 46.9 Å². The average Bonchev–Trinajstić information content (AvgIpc) is 3.39. The number of rotatable bonds is 4. The highest BCUT2D eigenvalue weighted by atomic mass is 16.6. The maximum Gasteiger partial charge on any atom is 0.409 e. The summed E-state index contributed by atoms with van der Waals surface area (Å²) < 4.78 is 11.2. The lowest BCUT2D eigenvalue weighted by molar-refractivity contribution is -0.143. The molecule has 2 atom stereocenters. The van der Waals surface area contributed by atoms with Crippen LogP contribution in [0.3, 0.4) is 0 Å². The lowest BCUT2D eigenvalue weighted by Crippen LogP contribution is -2.32. The van der Waals surface area contributed by atoms with Gasteiger partial charge in [0.15, 0.2) is 0 Å². The van der Waals surface area contributed by atoms with Crippen LogP contribution in [0, 0.1) is 17.8 Å². The normalized spacial score (nSPS) is 23.4. The van der Waals surface area contributed by atoms with Gasteiger partial charge in [-0.1, -0.05) is 48.5 Å². The Labute approximate surface area is 181 Å². The molecule has 3 aliphatic rings. The molecule has 0 spiro atoms. The molecule has 1 aliphatic carbocycles. The number of carbonyl (C=O) groups is 2. The van der Waals surface area contributed by atoms with Gasteiger partial charge in [0.05, 0.1) is 5.92 Å². The van der Waals surface area contributed by atoms with Gasteiger partial charge in [0.1, 0.15) is 6.61 Å². The third-order valence-electron chi connectivity index (χ3n) is 7.15. The number of carboxylic acids is 1. The summed E-state index contributed by atoms with van der Waals surface area (Å²) in [5, 5.41) is 9.72. The van der Waals surface area contributed by atoms with E-state index in [2.05, 4.69) is 24.3 Å². The molecule has 2 aromatic rings. The topological polar surface area (TPSA) is 76.1 Å². The molecule has 1 amide bonds. The summed E-state index contributed by atoms with van der Waals surface area (Å²) in [6.45, 7) is 2.24. The second-order valence-corrected chi connectivity index (χ2v) is 8.77. The molecular weight excluding hydrogens is 394 g/mol. The minimum absolute atomic E-state index is 0.000476. The van der Waals surface area contributed by atoms with Crippen LogP contribution in [0.4, 0.5) is 4.79 Å². The summed E-state index contributed by atoms with van der Waals surface area (Å²) in [5.74, 6) is -1.13. The largest absolute Gasteiger partial charge is 0.481 e. The van der Waals surface area contributed by atoms with E-state index < -0.39 is 18.0 Å². The predicted molar refractivity (Wildman–Crippen MR) is 115 cm³/mol. The maximum absolute atomic E-state index is 12.9. The molecule has 0 radical (unpaired) electrons. The highest BCUT2D eigenvalue weighted by Gasteiger charge is 2.44. The molecule has 2 aromatic carbocycles. The predicted octanol–water partition coefficient (Wildman–Crippen LogP) is 3.99. The minimum Gasteiger partial charge on any atom is -0.481 e. The Hall–Kier alpha value is -2.86. The quantitative estimate of drug-likeness (QED) is 0.808. The molecule has 2 fully saturated rings. The summed E-state index contributed by atoms with van der Waals surface area (Å²) in [6, 6.07) is 16.5. The maximum atomic E-state index is 12.9. The van der Waals surface area contributed by atoms with Crippen LogP contribution in [0.25, 0.3) is 11.1 Å². The van der Waals surface area contributed by atoms with E-state index in [0.29, 0.717) is 19.8 Å². The number of nitrogens with zero attached hydrogens (tertiary/aromatic N) is 1. The van der Waals surface area contributed by atoms with E-state index in [0.717, 1.165) is 12.8 Å². The molecule has 6 heteroatoms. The minimum atomic E-state index is -0.828. The van der Waals surface area contributed by atoms with Crippen molar-refractivity contribution in [1.29, 1.82) is 0 Å². The summed E-state index contributed by atoms with van der Waals surface area (Å²) in [6.07, 6.45) is 1.29. The van der Waals surface area contributed by atoms with Gasteiger partial charge >= 0.3 is 12.1 Å². The van der Waals surface area contributed by atoms with E-state index in [1.54, 1.807) is 4.90 Å². The fourth-order valence-corrected chi connectivity index (χ4v) is 5.55. The SMILES string of the molecule is O=C(O)[C@@H]1CN(C(=O)OCC2c3ccccc3-c3ccccc32)C[C@H]1C1CCOCC1. The van der Waals surface area contributed by atoms with Gasteiger partial charge < -0.3 is 19.5 Å². The summed E-state index contributed by atoms with van der Waals surface area (Å²) in [5.41, 5.74) is 4.71. The highest BCUT2D eigenvalue weighted by Crippen LogP contribution is 2.44. The van der Waals surface area contributed by atoms with E-state index in [9.17, 15) is 14.7 Å². The number of carbonyl (C=O) groups excluding carboxylic acids is 1. The number of likely N-dealkylation sites (tertiary alicyclic amines) is 1. The smallest absolute Gasteiger partial charge is 0.409 e. The van der Waals surface area contributed by atoms with Crippen molar-refractivity contribution in [2.24, 2.45) is 17.8 Å². The Morgan fingerprint density at radius 3 is 2.19 bits per heavy atom. The lowest BCUT2D eigenvalue weighted by Gasteiger charge is -2.29. The van der Waals surface area contributed by atoms with Crippen LogP contribution in [0.1, 0.15) is 29.9 Å². The first-order valence-electron chi connectivity index (χ1n) is 11.0. The van der Waals surface area contributed by atoms with Crippen LogP contribution in [0.15, 0.2) is 48.5 Å².